The molecule has 1 N–H and O–H groups in total. The average Bonchev–Trinajstić information content (AvgIpc) is 3.17. The fourth-order valence-electron chi connectivity index (χ4n) is 3.49. The normalized spacial score (nSPS) is 20.7. The molecular formula is C18H26N6O2. The van der Waals surface area contributed by atoms with Crippen molar-refractivity contribution in [3.63, 3.8) is 0 Å². The Hall–Kier alpha value is -2.64. The Kier molecular flexibility index (Phi) is 4.84. The molecule has 2 aromatic rings. The third-order valence-corrected chi connectivity index (χ3v) is 5.06. The molecule has 0 bridgehead atoms. The molecule has 0 spiro atoms. The lowest BCUT2D eigenvalue weighted by Crippen LogP contribution is -2.51. The molecule has 1 aliphatic heterocycles. The van der Waals surface area contributed by atoms with Crippen molar-refractivity contribution in [3.8, 4) is 0 Å². The van der Waals surface area contributed by atoms with Crippen LogP contribution in [0, 0.1) is 0 Å². The van der Waals surface area contributed by atoms with Crippen molar-refractivity contribution in [1.82, 2.24) is 29.8 Å². The second-order valence-corrected chi connectivity index (χ2v) is 7.18. The molecule has 0 unspecified atom stereocenters. The van der Waals surface area contributed by atoms with E-state index in [2.05, 4.69) is 15.5 Å². The predicted molar refractivity (Wildman–Crippen MR) is 96.5 cm³/mol. The van der Waals surface area contributed by atoms with Gasteiger partial charge in [-0.15, -0.1) is 0 Å². The number of nitrogens with one attached hydrogen (secondary N) is 1. The maximum Gasteiger partial charge on any atom is 0.269 e. The first-order chi connectivity index (χ1) is 12.3. The lowest BCUT2D eigenvalue weighted by atomic mass is 9.93. The number of hydrogen-bond acceptors (Lipinski definition) is 4. The summed E-state index contributed by atoms with van der Waals surface area (Å²) < 4.78 is 3.36. The second-order valence-electron chi connectivity index (χ2n) is 7.18. The van der Waals surface area contributed by atoms with Gasteiger partial charge in [-0.2, -0.15) is 10.2 Å². The maximum atomic E-state index is 12.9. The fraction of sp³-hybridized carbons (Fsp3) is 0.556. The summed E-state index contributed by atoms with van der Waals surface area (Å²) in [5, 5.41) is 11.7. The highest BCUT2D eigenvalue weighted by Gasteiger charge is 2.37. The lowest BCUT2D eigenvalue weighted by molar-refractivity contribution is -0.136. The van der Waals surface area contributed by atoms with Gasteiger partial charge < -0.3 is 10.2 Å². The van der Waals surface area contributed by atoms with Gasteiger partial charge in [-0.25, -0.2) is 0 Å². The highest BCUT2D eigenvalue weighted by molar-refractivity contribution is 5.93. The third kappa shape index (κ3) is 3.23. The molecule has 140 valence electrons. The first-order valence-corrected chi connectivity index (χ1v) is 8.88. The summed E-state index contributed by atoms with van der Waals surface area (Å²) >= 11 is 0. The van der Waals surface area contributed by atoms with Gasteiger partial charge in [-0.1, -0.05) is 13.8 Å². The number of rotatable bonds is 4. The van der Waals surface area contributed by atoms with E-state index in [9.17, 15) is 9.59 Å². The zero-order valence-corrected chi connectivity index (χ0v) is 15.9. The fourth-order valence-corrected chi connectivity index (χ4v) is 3.49. The van der Waals surface area contributed by atoms with Crippen LogP contribution < -0.4 is 5.32 Å². The number of likely N-dealkylation sites (tertiary alicyclic amines) is 1. The van der Waals surface area contributed by atoms with Gasteiger partial charge in [0, 0.05) is 33.8 Å². The molecule has 3 rings (SSSR count). The summed E-state index contributed by atoms with van der Waals surface area (Å²) in [5.41, 5.74) is 2.31. The Bertz CT molecular complexity index is 822. The molecule has 2 atom stereocenters. The van der Waals surface area contributed by atoms with Crippen LogP contribution in [-0.4, -0.2) is 49.4 Å². The molecule has 3 heterocycles. The van der Waals surface area contributed by atoms with Crippen LogP contribution in [0.15, 0.2) is 18.3 Å². The van der Waals surface area contributed by atoms with E-state index in [4.69, 9.17) is 0 Å². The van der Waals surface area contributed by atoms with Gasteiger partial charge in [0.05, 0.1) is 23.5 Å². The molecule has 0 saturated carbocycles. The third-order valence-electron chi connectivity index (χ3n) is 5.06. The van der Waals surface area contributed by atoms with Crippen LogP contribution in [-0.2, 0) is 18.9 Å². The van der Waals surface area contributed by atoms with E-state index in [0.29, 0.717) is 18.5 Å². The zero-order valence-electron chi connectivity index (χ0n) is 15.9. The van der Waals surface area contributed by atoms with Crippen LogP contribution in [0.25, 0.3) is 0 Å². The van der Waals surface area contributed by atoms with Crippen molar-refractivity contribution in [2.45, 2.75) is 44.7 Å². The second kappa shape index (κ2) is 6.93. The van der Waals surface area contributed by atoms with Crippen LogP contribution >= 0.6 is 0 Å². The molecule has 1 aliphatic rings. The first-order valence-electron chi connectivity index (χ1n) is 8.88. The topological polar surface area (TPSA) is 85.0 Å². The van der Waals surface area contributed by atoms with E-state index in [1.165, 1.54) is 0 Å². The van der Waals surface area contributed by atoms with Crippen LogP contribution in [0.2, 0.25) is 0 Å². The van der Waals surface area contributed by atoms with E-state index in [1.54, 1.807) is 34.6 Å². The molecule has 2 aromatic heterocycles. The Morgan fingerprint density at radius 3 is 2.58 bits per heavy atom. The first kappa shape index (κ1) is 18.2. The SMILES string of the molecule is CC(C)c1cc(C(=O)N[C@@H]2CCC(=O)N(C)[C@H]2c2ccnn2C)n(C)n1. The van der Waals surface area contributed by atoms with E-state index in [1.807, 2.05) is 33.0 Å². The van der Waals surface area contributed by atoms with Crippen molar-refractivity contribution >= 4 is 11.8 Å². The smallest absolute Gasteiger partial charge is 0.269 e. The van der Waals surface area contributed by atoms with Crippen molar-refractivity contribution in [2.75, 3.05) is 7.05 Å². The minimum absolute atomic E-state index is 0.0735. The number of carbonyl (C=O) groups is 2. The summed E-state index contributed by atoms with van der Waals surface area (Å²) in [6.45, 7) is 4.09. The van der Waals surface area contributed by atoms with Crippen LogP contribution in [0.5, 0.6) is 0 Å². The molecule has 0 radical (unpaired) electrons. The summed E-state index contributed by atoms with van der Waals surface area (Å²) in [7, 11) is 5.40. The standard InChI is InChI=1S/C18H26N6O2/c1-11(2)13-10-15(24(5)21-13)18(26)20-12-6-7-16(25)22(3)17(12)14-8-9-19-23(14)4/h8-12,17H,6-7H2,1-5H3,(H,20,26)/t12-,17-/m1/s1. The Morgan fingerprint density at radius 2 is 2.00 bits per heavy atom. The predicted octanol–water partition coefficient (Wildman–Crippen LogP) is 1.37. The van der Waals surface area contributed by atoms with E-state index >= 15 is 0 Å². The number of nitrogens with zero attached hydrogens (tertiary/aromatic N) is 5. The Balaban J connectivity index is 1.86. The molecule has 0 aromatic carbocycles. The Labute approximate surface area is 153 Å². The van der Waals surface area contributed by atoms with E-state index < -0.39 is 0 Å². The van der Waals surface area contributed by atoms with Crippen molar-refractivity contribution in [1.29, 1.82) is 0 Å². The van der Waals surface area contributed by atoms with Crippen LogP contribution in [0.4, 0.5) is 0 Å². The van der Waals surface area contributed by atoms with Gasteiger partial charge in [-0.05, 0) is 24.5 Å². The summed E-state index contributed by atoms with van der Waals surface area (Å²) in [4.78, 5) is 26.8. The number of piperidine rings is 1. The number of aryl methyl sites for hydroxylation is 2. The average molecular weight is 358 g/mol. The van der Waals surface area contributed by atoms with Gasteiger partial charge in [0.15, 0.2) is 0 Å². The minimum Gasteiger partial charge on any atom is -0.345 e. The van der Waals surface area contributed by atoms with E-state index in [0.717, 1.165) is 11.4 Å². The van der Waals surface area contributed by atoms with Crippen LogP contribution in [0.1, 0.15) is 60.5 Å². The highest BCUT2D eigenvalue weighted by atomic mass is 16.2. The van der Waals surface area contributed by atoms with Crippen LogP contribution in [0.3, 0.4) is 0 Å². The van der Waals surface area contributed by atoms with Crippen molar-refractivity contribution in [2.24, 2.45) is 14.1 Å². The van der Waals surface area contributed by atoms with Gasteiger partial charge in [-0.3, -0.25) is 19.0 Å². The molecule has 26 heavy (non-hydrogen) atoms. The summed E-state index contributed by atoms with van der Waals surface area (Å²) in [6.07, 6.45) is 2.72. The number of likely N-dealkylation sites (N-methyl/N-ethyl adjacent to an activating group) is 1. The molecule has 8 heteroatoms. The summed E-state index contributed by atoms with van der Waals surface area (Å²) in [5.74, 6) is 0.152. The van der Waals surface area contributed by atoms with Crippen molar-refractivity contribution < 1.29 is 9.59 Å². The molecule has 2 amide bonds. The molecule has 0 aliphatic carbocycles. The largest absolute Gasteiger partial charge is 0.345 e. The van der Waals surface area contributed by atoms with Crippen molar-refractivity contribution in [3.05, 3.63) is 35.4 Å². The molecule has 1 saturated heterocycles. The molecular weight excluding hydrogens is 332 g/mol. The molecule has 8 nitrogen and oxygen atoms in total. The van der Waals surface area contributed by atoms with Gasteiger partial charge >= 0.3 is 0 Å². The number of aromatic nitrogens is 4. The minimum atomic E-state index is -0.245. The van der Waals surface area contributed by atoms with E-state index in [-0.39, 0.29) is 29.8 Å². The van der Waals surface area contributed by atoms with Gasteiger partial charge in [0.25, 0.3) is 5.91 Å². The quantitative estimate of drug-likeness (QED) is 0.894. The lowest BCUT2D eigenvalue weighted by Gasteiger charge is -2.39. The van der Waals surface area contributed by atoms with Gasteiger partial charge in [0.1, 0.15) is 5.69 Å². The number of carbonyl (C=O) groups excluding carboxylic acids is 2. The highest BCUT2D eigenvalue weighted by Crippen LogP contribution is 2.30. The number of hydrogen-bond donors (Lipinski definition) is 1. The Morgan fingerprint density at radius 1 is 1.27 bits per heavy atom. The number of amides is 2. The monoisotopic (exact) mass is 358 g/mol. The molecule has 1 fully saturated rings. The van der Waals surface area contributed by atoms with Gasteiger partial charge in [0.2, 0.25) is 5.91 Å². The summed E-state index contributed by atoms with van der Waals surface area (Å²) in [6, 6.07) is 3.29. The zero-order chi connectivity index (χ0) is 19.0. The maximum absolute atomic E-state index is 12.9.